The van der Waals surface area contributed by atoms with Crippen molar-refractivity contribution in [1.82, 2.24) is 10.3 Å². The Morgan fingerprint density at radius 1 is 1.19 bits per heavy atom. The second-order valence-corrected chi connectivity index (χ2v) is 6.66. The van der Waals surface area contributed by atoms with Crippen LogP contribution in [0.4, 0.5) is 0 Å². The van der Waals surface area contributed by atoms with Gasteiger partial charge in [-0.15, -0.1) is 0 Å². The Morgan fingerprint density at radius 2 is 1.76 bits per heavy atom. The van der Waals surface area contributed by atoms with Gasteiger partial charge in [0.25, 0.3) is 5.91 Å². The van der Waals surface area contributed by atoms with E-state index >= 15 is 0 Å². The van der Waals surface area contributed by atoms with Crippen LogP contribution >= 0.6 is 0 Å². The Labute approximate surface area is 126 Å². The predicted octanol–water partition coefficient (Wildman–Crippen LogP) is 1.52. The SMILES string of the molecule is CC(C)NC(=O)c1cccc(B2OC(C)(C)C(C)(C)O2)n1. The molecule has 0 atom stereocenters. The molecule has 2 rings (SSSR count). The molecule has 2 heterocycles. The van der Waals surface area contributed by atoms with Crippen LogP contribution in [0, 0.1) is 0 Å². The summed E-state index contributed by atoms with van der Waals surface area (Å²) in [6.07, 6.45) is 0. The summed E-state index contributed by atoms with van der Waals surface area (Å²) in [7, 11) is -0.554. The molecule has 1 amide bonds. The molecular weight excluding hydrogens is 267 g/mol. The number of carbonyl (C=O) groups is 1. The van der Waals surface area contributed by atoms with E-state index in [9.17, 15) is 4.79 Å². The van der Waals surface area contributed by atoms with Crippen molar-refractivity contribution in [3.8, 4) is 0 Å². The second kappa shape index (κ2) is 5.42. The molecular formula is C15H23BN2O3. The summed E-state index contributed by atoms with van der Waals surface area (Å²) in [4.78, 5) is 16.4. The highest BCUT2D eigenvalue weighted by atomic mass is 16.7. The fourth-order valence-corrected chi connectivity index (χ4v) is 2.01. The van der Waals surface area contributed by atoms with Crippen molar-refractivity contribution in [3.63, 3.8) is 0 Å². The zero-order valence-electron chi connectivity index (χ0n) is 13.6. The van der Waals surface area contributed by atoms with Gasteiger partial charge in [0, 0.05) is 6.04 Å². The molecule has 0 saturated carbocycles. The normalized spacial score (nSPS) is 19.9. The highest BCUT2D eigenvalue weighted by Gasteiger charge is 2.52. The number of nitrogens with one attached hydrogen (secondary N) is 1. The van der Waals surface area contributed by atoms with Crippen molar-refractivity contribution in [1.29, 1.82) is 0 Å². The van der Waals surface area contributed by atoms with Gasteiger partial charge in [0.15, 0.2) is 0 Å². The van der Waals surface area contributed by atoms with E-state index in [-0.39, 0.29) is 11.9 Å². The summed E-state index contributed by atoms with van der Waals surface area (Å²) < 4.78 is 11.9. The smallest absolute Gasteiger partial charge is 0.398 e. The van der Waals surface area contributed by atoms with Crippen LogP contribution in [-0.4, -0.2) is 35.3 Å². The van der Waals surface area contributed by atoms with Crippen molar-refractivity contribution in [2.75, 3.05) is 0 Å². The van der Waals surface area contributed by atoms with Crippen LogP contribution in [0.2, 0.25) is 0 Å². The van der Waals surface area contributed by atoms with Gasteiger partial charge in [-0.2, -0.15) is 0 Å². The van der Waals surface area contributed by atoms with E-state index in [1.807, 2.05) is 47.6 Å². The first kappa shape index (κ1) is 16.0. The van der Waals surface area contributed by atoms with Crippen molar-refractivity contribution >= 4 is 18.6 Å². The maximum atomic E-state index is 12.0. The Morgan fingerprint density at radius 3 is 2.29 bits per heavy atom. The first-order valence-electron chi connectivity index (χ1n) is 7.26. The molecule has 0 unspecified atom stereocenters. The average Bonchev–Trinajstić information content (AvgIpc) is 2.58. The molecule has 1 saturated heterocycles. The predicted molar refractivity (Wildman–Crippen MR) is 82.6 cm³/mol. The summed E-state index contributed by atoms with van der Waals surface area (Å²) in [6.45, 7) is 11.8. The number of rotatable bonds is 3. The van der Waals surface area contributed by atoms with Crippen LogP contribution in [0.3, 0.4) is 0 Å². The zero-order chi connectivity index (χ0) is 15.8. The van der Waals surface area contributed by atoms with Crippen LogP contribution in [0.1, 0.15) is 52.0 Å². The summed E-state index contributed by atoms with van der Waals surface area (Å²) in [5.74, 6) is -0.191. The molecule has 1 aliphatic rings. The second-order valence-electron chi connectivity index (χ2n) is 6.66. The van der Waals surface area contributed by atoms with Crippen LogP contribution in [0.25, 0.3) is 0 Å². The van der Waals surface area contributed by atoms with E-state index in [0.29, 0.717) is 11.3 Å². The van der Waals surface area contributed by atoms with E-state index in [2.05, 4.69) is 10.3 Å². The molecule has 21 heavy (non-hydrogen) atoms. The Bertz CT molecular complexity index is 527. The van der Waals surface area contributed by atoms with E-state index in [4.69, 9.17) is 9.31 Å². The van der Waals surface area contributed by atoms with Crippen LogP contribution in [0.15, 0.2) is 18.2 Å². The lowest BCUT2D eigenvalue weighted by Gasteiger charge is -2.32. The number of aromatic nitrogens is 1. The highest BCUT2D eigenvalue weighted by molar-refractivity contribution is 6.61. The van der Waals surface area contributed by atoms with Crippen molar-refractivity contribution in [3.05, 3.63) is 23.9 Å². The first-order valence-corrected chi connectivity index (χ1v) is 7.26. The summed E-state index contributed by atoms with van der Waals surface area (Å²) >= 11 is 0. The monoisotopic (exact) mass is 290 g/mol. The molecule has 1 N–H and O–H groups in total. The quantitative estimate of drug-likeness (QED) is 0.857. The van der Waals surface area contributed by atoms with Crippen molar-refractivity contribution in [2.24, 2.45) is 0 Å². The van der Waals surface area contributed by atoms with Gasteiger partial charge < -0.3 is 14.6 Å². The molecule has 1 fully saturated rings. The van der Waals surface area contributed by atoms with Gasteiger partial charge in [0.2, 0.25) is 0 Å². The molecule has 1 aromatic heterocycles. The molecule has 6 heteroatoms. The van der Waals surface area contributed by atoms with E-state index in [0.717, 1.165) is 0 Å². The largest absolute Gasteiger partial charge is 0.514 e. The minimum Gasteiger partial charge on any atom is -0.398 e. The van der Waals surface area contributed by atoms with Crippen LogP contribution in [0.5, 0.6) is 0 Å². The molecule has 1 aliphatic heterocycles. The molecule has 5 nitrogen and oxygen atoms in total. The molecule has 114 valence electrons. The maximum absolute atomic E-state index is 12.0. The zero-order valence-corrected chi connectivity index (χ0v) is 13.6. The molecule has 0 spiro atoms. The highest BCUT2D eigenvalue weighted by Crippen LogP contribution is 2.36. The van der Waals surface area contributed by atoms with Gasteiger partial charge >= 0.3 is 7.12 Å². The topological polar surface area (TPSA) is 60.5 Å². The number of hydrogen-bond acceptors (Lipinski definition) is 4. The lowest BCUT2D eigenvalue weighted by atomic mass is 9.84. The summed E-state index contributed by atoms with van der Waals surface area (Å²) in [5.41, 5.74) is 0.145. The number of amides is 1. The summed E-state index contributed by atoms with van der Waals surface area (Å²) in [6, 6.07) is 5.36. The van der Waals surface area contributed by atoms with Gasteiger partial charge in [0.05, 0.1) is 16.8 Å². The number of pyridine rings is 1. The van der Waals surface area contributed by atoms with Gasteiger partial charge in [-0.1, -0.05) is 6.07 Å². The molecule has 0 radical (unpaired) electrons. The fourth-order valence-electron chi connectivity index (χ4n) is 2.01. The van der Waals surface area contributed by atoms with E-state index in [1.54, 1.807) is 12.1 Å². The molecule has 0 aliphatic carbocycles. The van der Waals surface area contributed by atoms with Gasteiger partial charge in [-0.25, -0.2) is 0 Å². The number of nitrogens with zero attached hydrogens (tertiary/aromatic N) is 1. The Kier molecular flexibility index (Phi) is 4.13. The van der Waals surface area contributed by atoms with Crippen molar-refractivity contribution in [2.45, 2.75) is 58.8 Å². The number of hydrogen-bond donors (Lipinski definition) is 1. The molecule has 1 aromatic rings. The van der Waals surface area contributed by atoms with Gasteiger partial charge in [0.1, 0.15) is 5.69 Å². The third kappa shape index (κ3) is 3.27. The average molecular weight is 290 g/mol. The van der Waals surface area contributed by atoms with Gasteiger partial charge in [-0.05, 0) is 53.7 Å². The van der Waals surface area contributed by atoms with Crippen molar-refractivity contribution < 1.29 is 14.1 Å². The Hall–Kier alpha value is -1.40. The van der Waals surface area contributed by atoms with Gasteiger partial charge in [-0.3, -0.25) is 9.78 Å². The minimum absolute atomic E-state index is 0.0693. The van der Waals surface area contributed by atoms with E-state index < -0.39 is 18.3 Å². The third-order valence-electron chi connectivity index (χ3n) is 3.92. The summed E-state index contributed by atoms with van der Waals surface area (Å²) in [5, 5.41) is 2.83. The fraction of sp³-hybridized carbons (Fsp3) is 0.600. The third-order valence-corrected chi connectivity index (χ3v) is 3.92. The lowest BCUT2D eigenvalue weighted by Crippen LogP contribution is -2.41. The molecule has 0 bridgehead atoms. The standard InChI is InChI=1S/C15H23BN2O3/c1-10(2)17-13(19)11-8-7-9-12(18-11)16-20-14(3,4)15(5,6)21-16/h7-10H,1-6H3,(H,17,19). The maximum Gasteiger partial charge on any atom is 0.514 e. The minimum atomic E-state index is -0.554. The Balaban J connectivity index is 2.21. The van der Waals surface area contributed by atoms with E-state index in [1.165, 1.54) is 0 Å². The molecule has 0 aromatic carbocycles. The van der Waals surface area contributed by atoms with Crippen LogP contribution < -0.4 is 10.9 Å². The van der Waals surface area contributed by atoms with Crippen LogP contribution in [-0.2, 0) is 9.31 Å². The number of carbonyl (C=O) groups excluding carboxylic acids is 1. The lowest BCUT2D eigenvalue weighted by molar-refractivity contribution is 0.00578. The first-order chi connectivity index (χ1) is 9.62.